The zero-order chi connectivity index (χ0) is 11.8. The average molecular weight is 291 g/mol. The average Bonchev–Trinajstić information content (AvgIpc) is 2.31. The Balaban J connectivity index is 2.13. The molecular weight excluding hydrogens is 264 g/mol. The third-order valence-corrected chi connectivity index (χ3v) is 5.06. The lowest BCUT2D eigenvalue weighted by Crippen LogP contribution is -2.26. The second-order valence-corrected chi connectivity index (χ2v) is 6.29. The van der Waals surface area contributed by atoms with Crippen LogP contribution in [0.4, 0.5) is 0 Å². The molecular formula is C14H27BrO. The summed E-state index contributed by atoms with van der Waals surface area (Å²) in [6.07, 6.45) is 9.23. The van der Waals surface area contributed by atoms with Gasteiger partial charge in [0.15, 0.2) is 0 Å². The fourth-order valence-electron chi connectivity index (χ4n) is 2.58. The van der Waals surface area contributed by atoms with Gasteiger partial charge in [-0.2, -0.15) is 0 Å². The maximum absolute atomic E-state index is 5.67. The van der Waals surface area contributed by atoms with Gasteiger partial charge < -0.3 is 4.74 Å². The van der Waals surface area contributed by atoms with Crippen molar-refractivity contribution in [1.29, 1.82) is 0 Å². The van der Waals surface area contributed by atoms with Crippen molar-refractivity contribution < 1.29 is 4.74 Å². The molecule has 2 heteroatoms. The lowest BCUT2D eigenvalue weighted by Gasteiger charge is -2.32. The molecule has 1 rings (SSSR count). The predicted molar refractivity (Wildman–Crippen MR) is 74.2 cm³/mol. The van der Waals surface area contributed by atoms with E-state index < -0.39 is 0 Å². The van der Waals surface area contributed by atoms with Crippen molar-refractivity contribution in [2.45, 2.75) is 63.6 Å². The van der Waals surface area contributed by atoms with Crippen LogP contribution in [0, 0.1) is 11.8 Å². The molecule has 96 valence electrons. The van der Waals surface area contributed by atoms with Gasteiger partial charge in [-0.3, -0.25) is 0 Å². The minimum Gasteiger partial charge on any atom is -0.381 e. The molecule has 0 amide bonds. The molecule has 0 bridgehead atoms. The first-order valence-electron chi connectivity index (χ1n) is 6.99. The van der Waals surface area contributed by atoms with Gasteiger partial charge in [0.25, 0.3) is 0 Å². The van der Waals surface area contributed by atoms with E-state index in [0.717, 1.165) is 29.9 Å². The quantitative estimate of drug-likeness (QED) is 0.484. The van der Waals surface area contributed by atoms with E-state index in [0.29, 0.717) is 0 Å². The van der Waals surface area contributed by atoms with E-state index >= 15 is 0 Å². The molecule has 1 aliphatic rings. The number of rotatable bonds is 7. The van der Waals surface area contributed by atoms with Crippen LogP contribution in [0.3, 0.4) is 0 Å². The summed E-state index contributed by atoms with van der Waals surface area (Å²) in [6.45, 7) is 6.45. The van der Waals surface area contributed by atoms with Gasteiger partial charge in [-0.15, -0.1) is 0 Å². The minimum absolute atomic E-state index is 0.741. The summed E-state index contributed by atoms with van der Waals surface area (Å²) < 4.78 is 5.67. The third kappa shape index (κ3) is 5.18. The van der Waals surface area contributed by atoms with E-state index in [-0.39, 0.29) is 0 Å². The number of hydrogen-bond donors (Lipinski definition) is 0. The monoisotopic (exact) mass is 290 g/mol. The van der Waals surface area contributed by atoms with Gasteiger partial charge >= 0.3 is 0 Å². The van der Waals surface area contributed by atoms with Crippen molar-refractivity contribution >= 4 is 15.9 Å². The van der Waals surface area contributed by atoms with Crippen LogP contribution < -0.4 is 0 Å². The van der Waals surface area contributed by atoms with Gasteiger partial charge in [-0.1, -0.05) is 42.6 Å². The number of halogens is 1. The highest BCUT2D eigenvalue weighted by Gasteiger charge is 2.27. The van der Waals surface area contributed by atoms with Crippen LogP contribution >= 0.6 is 15.9 Å². The summed E-state index contributed by atoms with van der Waals surface area (Å²) >= 11 is 3.84. The fourth-order valence-corrected chi connectivity index (χ4v) is 3.32. The second-order valence-electron chi connectivity index (χ2n) is 5.12. The Morgan fingerprint density at radius 1 is 1.19 bits per heavy atom. The van der Waals surface area contributed by atoms with Crippen LogP contribution in [0.15, 0.2) is 0 Å². The molecule has 1 fully saturated rings. The number of alkyl halides is 1. The normalized spacial score (nSPS) is 30.6. The van der Waals surface area contributed by atoms with E-state index in [1.54, 1.807) is 0 Å². The topological polar surface area (TPSA) is 9.23 Å². The summed E-state index contributed by atoms with van der Waals surface area (Å²) in [7, 11) is 0. The van der Waals surface area contributed by atoms with E-state index in [2.05, 4.69) is 29.8 Å². The molecule has 3 unspecified atom stereocenters. The Morgan fingerprint density at radius 2 is 2.00 bits per heavy atom. The minimum atomic E-state index is 0.741. The first-order chi connectivity index (χ1) is 7.77. The maximum atomic E-state index is 5.67. The molecule has 1 nitrogen and oxygen atoms in total. The highest BCUT2D eigenvalue weighted by atomic mass is 79.9. The summed E-state index contributed by atoms with van der Waals surface area (Å²) in [4.78, 5) is 0.741. The Kier molecular flexibility index (Phi) is 7.72. The highest BCUT2D eigenvalue weighted by Crippen LogP contribution is 2.36. The molecule has 0 aromatic heterocycles. The van der Waals surface area contributed by atoms with Crippen molar-refractivity contribution in [1.82, 2.24) is 0 Å². The molecule has 1 aliphatic carbocycles. The standard InChI is InChI=1S/C14H27BrO/c1-3-5-9-16-10-8-13-11-12(4-2)6-7-14(13)15/h12-14H,3-11H2,1-2H3. The number of hydrogen-bond acceptors (Lipinski definition) is 1. The molecule has 16 heavy (non-hydrogen) atoms. The fraction of sp³-hybridized carbons (Fsp3) is 1.00. The maximum Gasteiger partial charge on any atom is 0.0469 e. The van der Waals surface area contributed by atoms with Gasteiger partial charge in [0.05, 0.1) is 0 Å². The van der Waals surface area contributed by atoms with Crippen LogP contribution in [-0.4, -0.2) is 18.0 Å². The molecule has 3 atom stereocenters. The Morgan fingerprint density at radius 3 is 2.69 bits per heavy atom. The van der Waals surface area contributed by atoms with Gasteiger partial charge in [0.1, 0.15) is 0 Å². The highest BCUT2D eigenvalue weighted by molar-refractivity contribution is 9.09. The molecule has 0 spiro atoms. The third-order valence-electron chi connectivity index (χ3n) is 3.85. The van der Waals surface area contributed by atoms with Gasteiger partial charge in [0.2, 0.25) is 0 Å². The van der Waals surface area contributed by atoms with E-state index in [1.165, 1.54) is 44.9 Å². The second kappa shape index (κ2) is 8.52. The van der Waals surface area contributed by atoms with Crippen LogP contribution in [0.5, 0.6) is 0 Å². The molecule has 0 saturated heterocycles. The van der Waals surface area contributed by atoms with Crippen LogP contribution in [0.1, 0.15) is 58.8 Å². The van der Waals surface area contributed by atoms with Crippen molar-refractivity contribution in [3.05, 3.63) is 0 Å². The Hall–Kier alpha value is 0.440. The molecule has 0 heterocycles. The van der Waals surface area contributed by atoms with Crippen molar-refractivity contribution in [3.8, 4) is 0 Å². The number of unbranched alkanes of at least 4 members (excludes halogenated alkanes) is 1. The SMILES string of the molecule is CCCCOCCC1CC(CC)CCC1Br. The van der Waals surface area contributed by atoms with Crippen LogP contribution in [0.2, 0.25) is 0 Å². The summed E-state index contributed by atoms with van der Waals surface area (Å²) in [5.74, 6) is 1.81. The molecule has 0 N–H and O–H groups in total. The number of ether oxygens (including phenoxy) is 1. The molecule has 0 radical (unpaired) electrons. The van der Waals surface area contributed by atoms with Crippen molar-refractivity contribution in [3.63, 3.8) is 0 Å². The molecule has 0 aromatic rings. The van der Waals surface area contributed by atoms with Crippen molar-refractivity contribution in [2.75, 3.05) is 13.2 Å². The molecule has 0 aliphatic heterocycles. The van der Waals surface area contributed by atoms with Crippen LogP contribution in [-0.2, 0) is 4.74 Å². The Bertz CT molecular complexity index is 172. The summed E-state index contributed by atoms with van der Waals surface area (Å²) in [5.41, 5.74) is 0. The van der Waals surface area contributed by atoms with Gasteiger partial charge in [0, 0.05) is 18.0 Å². The van der Waals surface area contributed by atoms with E-state index in [1.807, 2.05) is 0 Å². The van der Waals surface area contributed by atoms with Gasteiger partial charge in [-0.25, -0.2) is 0 Å². The lowest BCUT2D eigenvalue weighted by molar-refractivity contribution is 0.107. The lowest BCUT2D eigenvalue weighted by atomic mass is 9.79. The van der Waals surface area contributed by atoms with Crippen LogP contribution in [0.25, 0.3) is 0 Å². The smallest absolute Gasteiger partial charge is 0.0469 e. The molecule has 1 saturated carbocycles. The van der Waals surface area contributed by atoms with E-state index in [4.69, 9.17) is 4.74 Å². The zero-order valence-corrected chi connectivity index (χ0v) is 12.5. The first-order valence-corrected chi connectivity index (χ1v) is 7.91. The summed E-state index contributed by atoms with van der Waals surface area (Å²) in [5, 5.41) is 0. The largest absolute Gasteiger partial charge is 0.381 e. The van der Waals surface area contributed by atoms with Crippen molar-refractivity contribution in [2.24, 2.45) is 11.8 Å². The van der Waals surface area contributed by atoms with E-state index in [9.17, 15) is 0 Å². The zero-order valence-electron chi connectivity index (χ0n) is 10.9. The molecule has 0 aromatic carbocycles. The predicted octanol–water partition coefficient (Wildman–Crippen LogP) is 4.78. The summed E-state index contributed by atoms with van der Waals surface area (Å²) in [6, 6.07) is 0. The Labute approximate surface area is 109 Å². The van der Waals surface area contributed by atoms with Gasteiger partial charge in [-0.05, 0) is 43.9 Å². The first kappa shape index (κ1) is 14.5.